The molecule has 0 atom stereocenters. The first kappa shape index (κ1) is 20.4. The van der Waals surface area contributed by atoms with E-state index in [1.54, 1.807) is 19.2 Å². The summed E-state index contributed by atoms with van der Waals surface area (Å²) in [5, 5.41) is 2.79. The molecule has 2 rings (SSSR count). The quantitative estimate of drug-likeness (QED) is 0.641. The summed E-state index contributed by atoms with van der Waals surface area (Å²) >= 11 is 0. The molecule has 0 radical (unpaired) electrons. The van der Waals surface area contributed by atoms with Crippen molar-refractivity contribution in [3.05, 3.63) is 59.9 Å². The third-order valence-electron chi connectivity index (χ3n) is 3.81. The van der Waals surface area contributed by atoms with Gasteiger partial charge in [0.15, 0.2) is 0 Å². The largest absolute Gasteiger partial charge is 0.385 e. The summed E-state index contributed by atoms with van der Waals surface area (Å²) in [6.07, 6.45) is 5.17. The van der Waals surface area contributed by atoms with Gasteiger partial charge < -0.3 is 15.0 Å². The number of nitrogens with zero attached hydrogens (tertiary/aromatic N) is 3. The van der Waals surface area contributed by atoms with E-state index in [0.29, 0.717) is 13.2 Å². The van der Waals surface area contributed by atoms with Gasteiger partial charge in [-0.25, -0.2) is 9.37 Å². The lowest BCUT2D eigenvalue weighted by Crippen LogP contribution is -2.35. The number of halogens is 1. The summed E-state index contributed by atoms with van der Waals surface area (Å²) in [4.78, 5) is 34.2. The fraction of sp³-hybridized carbons (Fsp3) is 0.368. The number of amides is 2. The number of methoxy groups -OCH3 is 1. The van der Waals surface area contributed by atoms with Gasteiger partial charge >= 0.3 is 0 Å². The van der Waals surface area contributed by atoms with Crippen molar-refractivity contribution in [2.24, 2.45) is 0 Å². The smallest absolute Gasteiger partial charge is 0.274 e. The SMILES string of the molecule is COCCCNC(=O)CCN(Cc1ccc(F)cc1)C(=O)c1cnccn1. The second-order valence-electron chi connectivity index (χ2n) is 5.89. The van der Waals surface area contributed by atoms with Gasteiger partial charge in [0.2, 0.25) is 5.91 Å². The second-order valence-corrected chi connectivity index (χ2v) is 5.89. The molecule has 0 saturated carbocycles. The average Bonchev–Trinajstić information content (AvgIpc) is 2.70. The van der Waals surface area contributed by atoms with Gasteiger partial charge in [0.05, 0.1) is 6.20 Å². The highest BCUT2D eigenvalue weighted by molar-refractivity contribution is 5.92. The third kappa shape index (κ3) is 7.10. The molecule has 0 fully saturated rings. The molecule has 144 valence electrons. The molecule has 8 heteroatoms. The van der Waals surface area contributed by atoms with Crippen molar-refractivity contribution >= 4 is 11.8 Å². The van der Waals surface area contributed by atoms with Crippen LogP contribution in [0.15, 0.2) is 42.9 Å². The monoisotopic (exact) mass is 374 g/mol. The van der Waals surface area contributed by atoms with Gasteiger partial charge in [-0.3, -0.25) is 14.6 Å². The van der Waals surface area contributed by atoms with Crippen LogP contribution in [0.2, 0.25) is 0 Å². The van der Waals surface area contributed by atoms with Gasteiger partial charge in [0.1, 0.15) is 11.5 Å². The zero-order valence-corrected chi connectivity index (χ0v) is 15.2. The molecule has 1 aromatic heterocycles. The lowest BCUT2D eigenvalue weighted by Gasteiger charge is -2.22. The van der Waals surface area contributed by atoms with E-state index in [1.807, 2.05) is 0 Å². The molecule has 0 spiro atoms. The molecule has 7 nitrogen and oxygen atoms in total. The van der Waals surface area contributed by atoms with E-state index in [4.69, 9.17) is 4.74 Å². The summed E-state index contributed by atoms with van der Waals surface area (Å²) in [5.74, 6) is -0.831. The Morgan fingerprint density at radius 2 is 2.00 bits per heavy atom. The average molecular weight is 374 g/mol. The Morgan fingerprint density at radius 1 is 1.22 bits per heavy atom. The molecular weight excluding hydrogens is 351 g/mol. The molecule has 1 aromatic carbocycles. The highest BCUT2D eigenvalue weighted by Gasteiger charge is 2.18. The van der Waals surface area contributed by atoms with Crippen LogP contribution in [0.5, 0.6) is 0 Å². The number of benzene rings is 1. The summed E-state index contributed by atoms with van der Waals surface area (Å²) in [5.41, 5.74) is 0.953. The minimum absolute atomic E-state index is 0.151. The third-order valence-corrected chi connectivity index (χ3v) is 3.81. The van der Waals surface area contributed by atoms with Crippen molar-refractivity contribution in [3.8, 4) is 0 Å². The molecular formula is C19H23FN4O3. The lowest BCUT2D eigenvalue weighted by molar-refractivity contribution is -0.121. The van der Waals surface area contributed by atoms with E-state index >= 15 is 0 Å². The van der Waals surface area contributed by atoms with E-state index in [9.17, 15) is 14.0 Å². The second kappa shape index (κ2) is 11.0. The van der Waals surface area contributed by atoms with Crippen LogP contribution >= 0.6 is 0 Å². The van der Waals surface area contributed by atoms with Crippen LogP contribution < -0.4 is 5.32 Å². The van der Waals surface area contributed by atoms with Crippen molar-refractivity contribution in [1.82, 2.24) is 20.2 Å². The first-order valence-corrected chi connectivity index (χ1v) is 8.65. The Labute approximate surface area is 157 Å². The first-order valence-electron chi connectivity index (χ1n) is 8.65. The Balaban J connectivity index is 1.99. The minimum Gasteiger partial charge on any atom is -0.385 e. The number of nitrogens with one attached hydrogen (secondary N) is 1. The van der Waals surface area contributed by atoms with Crippen LogP contribution in [-0.4, -0.2) is 53.5 Å². The van der Waals surface area contributed by atoms with Gasteiger partial charge in [0, 0.05) is 52.2 Å². The maximum atomic E-state index is 13.1. The summed E-state index contributed by atoms with van der Waals surface area (Å²) < 4.78 is 18.0. The Kier molecular flexibility index (Phi) is 8.31. The Morgan fingerprint density at radius 3 is 2.67 bits per heavy atom. The molecule has 2 amide bonds. The molecule has 0 bridgehead atoms. The summed E-state index contributed by atoms with van der Waals surface area (Å²) in [6.45, 7) is 1.54. The van der Waals surface area contributed by atoms with Gasteiger partial charge in [-0.2, -0.15) is 0 Å². The predicted molar refractivity (Wildman–Crippen MR) is 97.3 cm³/mol. The first-order chi connectivity index (χ1) is 13.1. The Bertz CT molecular complexity index is 725. The molecule has 2 aromatic rings. The van der Waals surface area contributed by atoms with Crippen LogP contribution in [0, 0.1) is 5.82 Å². The number of rotatable bonds is 10. The van der Waals surface area contributed by atoms with E-state index in [1.165, 1.54) is 35.6 Å². The summed E-state index contributed by atoms with van der Waals surface area (Å²) in [7, 11) is 1.60. The van der Waals surface area contributed by atoms with E-state index in [0.717, 1.165) is 12.0 Å². The topological polar surface area (TPSA) is 84.4 Å². The van der Waals surface area contributed by atoms with Crippen LogP contribution in [0.3, 0.4) is 0 Å². The van der Waals surface area contributed by atoms with Crippen LogP contribution in [0.1, 0.15) is 28.9 Å². The maximum Gasteiger partial charge on any atom is 0.274 e. The van der Waals surface area contributed by atoms with Crippen LogP contribution in [0.25, 0.3) is 0 Å². The molecule has 0 aliphatic heterocycles. The van der Waals surface area contributed by atoms with Gasteiger partial charge in [0.25, 0.3) is 5.91 Å². The molecule has 0 saturated heterocycles. The Hall–Kier alpha value is -2.87. The molecule has 27 heavy (non-hydrogen) atoms. The zero-order chi connectivity index (χ0) is 19.5. The maximum absolute atomic E-state index is 13.1. The highest BCUT2D eigenvalue weighted by atomic mass is 19.1. The number of ether oxygens (including phenoxy) is 1. The predicted octanol–water partition coefficient (Wildman–Crippen LogP) is 1.80. The van der Waals surface area contributed by atoms with Crippen molar-refractivity contribution in [1.29, 1.82) is 0 Å². The fourth-order valence-corrected chi connectivity index (χ4v) is 2.40. The van der Waals surface area contributed by atoms with Gasteiger partial charge in [-0.1, -0.05) is 12.1 Å². The normalized spacial score (nSPS) is 10.4. The van der Waals surface area contributed by atoms with E-state index in [-0.39, 0.29) is 42.8 Å². The standard InChI is InChI=1S/C19H23FN4O3/c1-27-12-2-8-23-18(25)7-11-24(14-15-3-5-16(20)6-4-15)19(26)17-13-21-9-10-22-17/h3-6,9-10,13H,2,7-8,11-12,14H2,1H3,(H,23,25). The number of carbonyl (C=O) groups excluding carboxylic acids is 2. The van der Waals surface area contributed by atoms with Crippen molar-refractivity contribution in [3.63, 3.8) is 0 Å². The lowest BCUT2D eigenvalue weighted by atomic mass is 10.2. The van der Waals surface area contributed by atoms with Gasteiger partial charge in [-0.15, -0.1) is 0 Å². The number of hydrogen-bond donors (Lipinski definition) is 1. The molecule has 0 aliphatic rings. The number of hydrogen-bond acceptors (Lipinski definition) is 5. The highest BCUT2D eigenvalue weighted by Crippen LogP contribution is 2.10. The minimum atomic E-state index is -0.346. The van der Waals surface area contributed by atoms with Crippen LogP contribution in [0.4, 0.5) is 4.39 Å². The zero-order valence-electron chi connectivity index (χ0n) is 15.2. The van der Waals surface area contributed by atoms with Crippen molar-refractivity contribution in [2.75, 3.05) is 26.8 Å². The van der Waals surface area contributed by atoms with Crippen molar-refractivity contribution in [2.45, 2.75) is 19.4 Å². The van der Waals surface area contributed by atoms with E-state index in [2.05, 4.69) is 15.3 Å². The van der Waals surface area contributed by atoms with Gasteiger partial charge in [-0.05, 0) is 24.1 Å². The molecule has 1 heterocycles. The summed E-state index contributed by atoms with van der Waals surface area (Å²) in [6, 6.07) is 5.89. The molecule has 0 unspecified atom stereocenters. The van der Waals surface area contributed by atoms with Crippen molar-refractivity contribution < 1.29 is 18.7 Å². The number of carbonyl (C=O) groups is 2. The number of aromatic nitrogens is 2. The molecule has 1 N–H and O–H groups in total. The van der Waals surface area contributed by atoms with Crippen LogP contribution in [-0.2, 0) is 16.1 Å². The van der Waals surface area contributed by atoms with E-state index < -0.39 is 0 Å². The molecule has 0 aliphatic carbocycles. The fourth-order valence-electron chi connectivity index (χ4n) is 2.40.